The minimum absolute atomic E-state index is 0.598. The van der Waals surface area contributed by atoms with Gasteiger partial charge in [0.2, 0.25) is 0 Å². The molecule has 0 heterocycles. The van der Waals surface area contributed by atoms with Crippen molar-refractivity contribution in [1.29, 1.82) is 0 Å². The molecule has 0 amide bonds. The lowest BCUT2D eigenvalue weighted by Crippen LogP contribution is -2.20. The highest BCUT2D eigenvalue weighted by Crippen LogP contribution is 2.34. The van der Waals surface area contributed by atoms with Crippen molar-refractivity contribution < 1.29 is 9.90 Å². The highest BCUT2D eigenvalue weighted by molar-refractivity contribution is 9.10. The predicted octanol–water partition coefficient (Wildman–Crippen LogP) is 3.15. The Balaban J connectivity index is 2.32. The lowest BCUT2D eigenvalue weighted by Gasteiger charge is -2.21. The second-order valence-electron chi connectivity index (χ2n) is 4.22. The summed E-state index contributed by atoms with van der Waals surface area (Å²) in [4.78, 5) is 12.8. The summed E-state index contributed by atoms with van der Waals surface area (Å²) < 4.78 is 1.01. The molecule has 1 aromatic carbocycles. The first-order chi connectivity index (χ1) is 8.08. The first kappa shape index (κ1) is 12.2. The smallest absolute Gasteiger partial charge is 0.328 e. The summed E-state index contributed by atoms with van der Waals surface area (Å²) in [5.41, 5.74) is 2.00. The van der Waals surface area contributed by atoms with Gasteiger partial charge in [0, 0.05) is 29.3 Å². The van der Waals surface area contributed by atoms with Crippen LogP contribution in [0.2, 0.25) is 0 Å². The lowest BCUT2D eigenvalue weighted by molar-refractivity contribution is -0.131. The number of hydrogen-bond acceptors (Lipinski definition) is 2. The van der Waals surface area contributed by atoms with Gasteiger partial charge in [-0.2, -0.15) is 0 Å². The Hall–Kier alpha value is -1.29. The van der Waals surface area contributed by atoms with Crippen molar-refractivity contribution in [3.8, 4) is 0 Å². The Morgan fingerprint density at radius 2 is 2.24 bits per heavy atom. The maximum Gasteiger partial charge on any atom is 0.328 e. The summed E-state index contributed by atoms with van der Waals surface area (Å²) in [6.07, 6.45) is 5.24. The van der Waals surface area contributed by atoms with E-state index in [1.165, 1.54) is 18.9 Å². The number of rotatable bonds is 4. The molecule has 1 N–H and O–H groups in total. The monoisotopic (exact) mass is 295 g/mol. The van der Waals surface area contributed by atoms with Crippen LogP contribution in [0.3, 0.4) is 0 Å². The topological polar surface area (TPSA) is 40.5 Å². The van der Waals surface area contributed by atoms with E-state index in [-0.39, 0.29) is 0 Å². The van der Waals surface area contributed by atoms with Crippen molar-refractivity contribution in [2.45, 2.75) is 18.9 Å². The van der Waals surface area contributed by atoms with Crippen LogP contribution in [-0.4, -0.2) is 24.2 Å². The first-order valence-electron chi connectivity index (χ1n) is 5.51. The summed E-state index contributed by atoms with van der Waals surface area (Å²) in [5, 5.41) is 8.67. The number of carboxylic acids is 1. The molecule has 1 aliphatic carbocycles. The molecule has 0 spiro atoms. The fraction of sp³-hybridized carbons (Fsp3) is 0.308. The van der Waals surface area contributed by atoms with E-state index in [2.05, 4.69) is 27.9 Å². The van der Waals surface area contributed by atoms with E-state index in [0.717, 1.165) is 15.7 Å². The van der Waals surface area contributed by atoms with Crippen LogP contribution in [0.5, 0.6) is 0 Å². The number of carboxylic acid groups (broad SMARTS) is 1. The zero-order valence-corrected chi connectivity index (χ0v) is 11.1. The van der Waals surface area contributed by atoms with Crippen LogP contribution in [0.4, 0.5) is 5.69 Å². The third-order valence-electron chi connectivity index (χ3n) is 2.87. The van der Waals surface area contributed by atoms with Gasteiger partial charge in [-0.1, -0.05) is 22.0 Å². The van der Waals surface area contributed by atoms with Gasteiger partial charge in [0.15, 0.2) is 0 Å². The van der Waals surface area contributed by atoms with E-state index >= 15 is 0 Å². The van der Waals surface area contributed by atoms with Crippen molar-refractivity contribution in [2.24, 2.45) is 0 Å². The first-order valence-corrected chi connectivity index (χ1v) is 6.30. The Bertz CT molecular complexity index is 466. The van der Waals surface area contributed by atoms with Gasteiger partial charge in [0.05, 0.1) is 0 Å². The number of hydrogen-bond donors (Lipinski definition) is 1. The number of nitrogens with zero attached hydrogens (tertiary/aromatic N) is 1. The summed E-state index contributed by atoms with van der Waals surface area (Å²) in [7, 11) is 2.05. The molecule has 17 heavy (non-hydrogen) atoms. The molecular formula is C13H14BrNO2. The van der Waals surface area contributed by atoms with E-state index in [4.69, 9.17) is 5.11 Å². The Kier molecular flexibility index (Phi) is 3.52. The van der Waals surface area contributed by atoms with Crippen LogP contribution in [0.15, 0.2) is 28.7 Å². The van der Waals surface area contributed by atoms with Crippen molar-refractivity contribution in [2.75, 3.05) is 11.9 Å². The molecule has 0 bridgehead atoms. The van der Waals surface area contributed by atoms with Gasteiger partial charge in [-0.15, -0.1) is 0 Å². The minimum atomic E-state index is -0.923. The average Bonchev–Trinajstić information content (AvgIpc) is 3.10. The standard InChI is InChI=1S/C13H14BrNO2/c1-15(11-5-6-11)12-8-10(14)4-2-9(12)3-7-13(16)17/h2-4,7-8,11H,5-6H2,1H3,(H,16,17)/b7-3+. The second kappa shape index (κ2) is 4.92. The molecule has 90 valence electrons. The van der Waals surface area contributed by atoms with E-state index in [9.17, 15) is 4.79 Å². The second-order valence-corrected chi connectivity index (χ2v) is 5.13. The zero-order chi connectivity index (χ0) is 12.4. The van der Waals surface area contributed by atoms with Gasteiger partial charge in [-0.3, -0.25) is 0 Å². The van der Waals surface area contributed by atoms with Crippen LogP contribution < -0.4 is 4.90 Å². The Labute approximate surface area is 109 Å². The molecule has 1 saturated carbocycles. The van der Waals surface area contributed by atoms with Crippen molar-refractivity contribution in [3.05, 3.63) is 34.3 Å². The van der Waals surface area contributed by atoms with E-state index in [0.29, 0.717) is 6.04 Å². The number of halogens is 1. The van der Waals surface area contributed by atoms with Crippen molar-refractivity contribution >= 4 is 33.7 Å². The quantitative estimate of drug-likeness (QED) is 0.868. The number of carbonyl (C=O) groups is 1. The highest BCUT2D eigenvalue weighted by Gasteiger charge is 2.27. The summed E-state index contributed by atoms with van der Waals surface area (Å²) in [6, 6.07) is 6.48. The van der Waals surface area contributed by atoms with Gasteiger partial charge in [0.25, 0.3) is 0 Å². The molecule has 0 atom stereocenters. The maximum absolute atomic E-state index is 10.6. The molecule has 0 radical (unpaired) electrons. The Morgan fingerprint density at radius 3 is 2.82 bits per heavy atom. The largest absolute Gasteiger partial charge is 0.478 e. The zero-order valence-electron chi connectivity index (χ0n) is 9.56. The normalized spacial score (nSPS) is 15.2. The molecule has 1 fully saturated rings. The van der Waals surface area contributed by atoms with Crippen LogP contribution in [-0.2, 0) is 4.79 Å². The molecule has 1 aliphatic rings. The van der Waals surface area contributed by atoms with Crippen LogP contribution >= 0.6 is 15.9 Å². The van der Waals surface area contributed by atoms with Crippen molar-refractivity contribution in [3.63, 3.8) is 0 Å². The van der Waals surface area contributed by atoms with E-state index in [1.807, 2.05) is 18.2 Å². The molecule has 3 nitrogen and oxygen atoms in total. The fourth-order valence-electron chi connectivity index (χ4n) is 1.78. The molecular weight excluding hydrogens is 282 g/mol. The van der Waals surface area contributed by atoms with Crippen LogP contribution in [0.1, 0.15) is 18.4 Å². The van der Waals surface area contributed by atoms with Crippen LogP contribution in [0.25, 0.3) is 6.08 Å². The SMILES string of the molecule is CN(c1cc(Br)ccc1/C=C/C(=O)O)C1CC1. The summed E-state index contributed by atoms with van der Waals surface area (Å²) in [5.74, 6) is -0.923. The van der Waals surface area contributed by atoms with Crippen molar-refractivity contribution in [1.82, 2.24) is 0 Å². The molecule has 0 aromatic heterocycles. The molecule has 2 rings (SSSR count). The fourth-order valence-corrected chi connectivity index (χ4v) is 2.13. The van der Waals surface area contributed by atoms with Gasteiger partial charge >= 0.3 is 5.97 Å². The summed E-state index contributed by atoms with van der Waals surface area (Å²) in [6.45, 7) is 0. The predicted molar refractivity (Wildman–Crippen MR) is 72.2 cm³/mol. The molecule has 1 aromatic rings. The van der Waals surface area contributed by atoms with Gasteiger partial charge in [-0.25, -0.2) is 4.79 Å². The number of benzene rings is 1. The van der Waals surface area contributed by atoms with E-state index < -0.39 is 5.97 Å². The third kappa shape index (κ3) is 3.09. The molecule has 4 heteroatoms. The van der Waals surface area contributed by atoms with E-state index in [1.54, 1.807) is 6.08 Å². The molecule has 0 saturated heterocycles. The highest BCUT2D eigenvalue weighted by atomic mass is 79.9. The molecule has 0 unspecified atom stereocenters. The minimum Gasteiger partial charge on any atom is -0.478 e. The lowest BCUT2D eigenvalue weighted by atomic mass is 10.1. The number of anilines is 1. The van der Waals surface area contributed by atoms with Gasteiger partial charge < -0.3 is 10.0 Å². The summed E-state index contributed by atoms with van der Waals surface area (Å²) >= 11 is 3.45. The Morgan fingerprint density at radius 1 is 1.53 bits per heavy atom. The third-order valence-corrected chi connectivity index (χ3v) is 3.37. The van der Waals surface area contributed by atoms with Gasteiger partial charge in [-0.05, 0) is 36.6 Å². The maximum atomic E-state index is 10.6. The molecule has 0 aliphatic heterocycles. The number of aliphatic carboxylic acids is 1. The average molecular weight is 296 g/mol. The van der Waals surface area contributed by atoms with Gasteiger partial charge in [0.1, 0.15) is 0 Å². The van der Waals surface area contributed by atoms with Crippen LogP contribution in [0, 0.1) is 0 Å².